The summed E-state index contributed by atoms with van der Waals surface area (Å²) >= 11 is 0. The van der Waals surface area contributed by atoms with Crippen molar-refractivity contribution in [1.29, 1.82) is 0 Å². The van der Waals surface area contributed by atoms with Crippen LogP contribution in [0.25, 0.3) is 0 Å². The number of unbranched alkanes of at least 4 members (excludes halogenated alkanes) is 2. The molecule has 154 valence electrons. The van der Waals surface area contributed by atoms with Crippen LogP contribution in [0, 0.1) is 0 Å². The van der Waals surface area contributed by atoms with Crippen LogP contribution < -0.4 is 0 Å². The lowest BCUT2D eigenvalue weighted by molar-refractivity contribution is -0.0506. The molecule has 0 aromatic rings. The molecule has 0 bridgehead atoms. The molecule has 1 fully saturated rings. The third-order valence-corrected chi connectivity index (χ3v) is 3.76. The molecular formula is C19H36O7. The van der Waals surface area contributed by atoms with Gasteiger partial charge in [0.1, 0.15) is 12.2 Å². The fraction of sp³-hybridized carbons (Fsp3) is 0.895. The second kappa shape index (κ2) is 16.6. The summed E-state index contributed by atoms with van der Waals surface area (Å²) in [4.78, 5) is 0. The molecule has 0 radical (unpaired) electrons. The Hall–Kier alpha value is -0.540. The van der Waals surface area contributed by atoms with E-state index in [9.17, 15) is 10.2 Å². The van der Waals surface area contributed by atoms with Crippen molar-refractivity contribution in [3.8, 4) is 0 Å². The topological polar surface area (TPSA) is 86.6 Å². The third kappa shape index (κ3) is 13.6. The van der Waals surface area contributed by atoms with Gasteiger partial charge in [0, 0.05) is 13.2 Å². The highest BCUT2D eigenvalue weighted by atomic mass is 16.5. The quantitative estimate of drug-likeness (QED) is 0.275. The van der Waals surface area contributed by atoms with Gasteiger partial charge in [-0.25, -0.2) is 0 Å². The highest BCUT2D eigenvalue weighted by molar-refractivity contribution is 5.08. The molecule has 0 aliphatic carbocycles. The van der Waals surface area contributed by atoms with Gasteiger partial charge in [0.05, 0.1) is 52.9 Å². The summed E-state index contributed by atoms with van der Waals surface area (Å²) < 4.78 is 26.4. The van der Waals surface area contributed by atoms with Gasteiger partial charge in [0.25, 0.3) is 0 Å². The summed E-state index contributed by atoms with van der Waals surface area (Å²) in [5.74, 6) is 0. The largest absolute Gasteiger partial charge is 0.388 e. The molecule has 2 N–H and O–H groups in total. The average Bonchev–Trinajstić information content (AvgIpc) is 2.59. The zero-order valence-electron chi connectivity index (χ0n) is 16.1. The van der Waals surface area contributed by atoms with E-state index in [1.165, 1.54) is 5.57 Å². The van der Waals surface area contributed by atoms with Crippen molar-refractivity contribution in [3.63, 3.8) is 0 Å². The molecule has 0 aromatic carbocycles. The smallest absolute Gasteiger partial charge is 0.101 e. The van der Waals surface area contributed by atoms with E-state index >= 15 is 0 Å². The van der Waals surface area contributed by atoms with Gasteiger partial charge >= 0.3 is 0 Å². The zero-order valence-corrected chi connectivity index (χ0v) is 16.1. The molecule has 0 spiro atoms. The molecule has 1 aliphatic rings. The van der Waals surface area contributed by atoms with E-state index in [4.69, 9.17) is 23.7 Å². The van der Waals surface area contributed by atoms with E-state index in [1.807, 2.05) is 0 Å². The van der Waals surface area contributed by atoms with E-state index in [0.29, 0.717) is 33.0 Å². The summed E-state index contributed by atoms with van der Waals surface area (Å²) in [5, 5.41) is 19.4. The normalized spacial score (nSPS) is 16.3. The van der Waals surface area contributed by atoms with Gasteiger partial charge in [-0.3, -0.25) is 0 Å². The summed E-state index contributed by atoms with van der Waals surface area (Å²) in [6, 6.07) is 0. The molecule has 2 atom stereocenters. The number of aliphatic hydroxyl groups is 2. The van der Waals surface area contributed by atoms with Crippen LogP contribution in [0.4, 0.5) is 0 Å². The average molecular weight is 376 g/mol. The Labute approximate surface area is 157 Å². The summed E-state index contributed by atoms with van der Waals surface area (Å²) in [6.45, 7) is 6.68. The van der Waals surface area contributed by atoms with Gasteiger partial charge in [-0.05, 0) is 24.8 Å². The SMILES string of the molecule is CCCCOCC(O)COCCOCC(O)COCCCC=C1COC1. The van der Waals surface area contributed by atoms with Crippen molar-refractivity contribution >= 4 is 0 Å². The Morgan fingerprint density at radius 1 is 0.846 bits per heavy atom. The zero-order chi connectivity index (χ0) is 18.9. The van der Waals surface area contributed by atoms with Gasteiger partial charge < -0.3 is 33.9 Å². The Morgan fingerprint density at radius 3 is 1.81 bits per heavy atom. The minimum atomic E-state index is -0.633. The Balaban J connectivity index is 1.79. The van der Waals surface area contributed by atoms with E-state index in [-0.39, 0.29) is 19.8 Å². The van der Waals surface area contributed by atoms with Crippen LogP contribution in [0.2, 0.25) is 0 Å². The van der Waals surface area contributed by atoms with Crippen LogP contribution in [-0.4, -0.2) is 88.5 Å². The molecule has 0 aromatic heterocycles. The van der Waals surface area contributed by atoms with E-state index < -0.39 is 12.2 Å². The van der Waals surface area contributed by atoms with Gasteiger partial charge in [-0.2, -0.15) is 0 Å². The molecule has 7 heteroatoms. The van der Waals surface area contributed by atoms with Crippen molar-refractivity contribution < 1.29 is 33.9 Å². The summed E-state index contributed by atoms with van der Waals surface area (Å²) in [6.07, 6.45) is 4.95. The fourth-order valence-corrected chi connectivity index (χ4v) is 2.17. The van der Waals surface area contributed by atoms with Gasteiger partial charge in [-0.15, -0.1) is 0 Å². The molecular weight excluding hydrogens is 340 g/mol. The summed E-state index contributed by atoms with van der Waals surface area (Å²) in [5.41, 5.74) is 1.36. The van der Waals surface area contributed by atoms with Crippen LogP contribution >= 0.6 is 0 Å². The third-order valence-electron chi connectivity index (χ3n) is 3.76. The first-order valence-corrected chi connectivity index (χ1v) is 9.65. The molecule has 1 aliphatic heterocycles. The predicted octanol–water partition coefficient (Wildman–Crippen LogP) is 1.31. The molecule has 2 unspecified atom stereocenters. The Bertz CT molecular complexity index is 343. The molecule has 26 heavy (non-hydrogen) atoms. The Kier molecular flexibility index (Phi) is 15.0. The van der Waals surface area contributed by atoms with Gasteiger partial charge in [0.2, 0.25) is 0 Å². The van der Waals surface area contributed by atoms with Crippen molar-refractivity contribution in [3.05, 3.63) is 11.6 Å². The van der Waals surface area contributed by atoms with Crippen molar-refractivity contribution in [2.24, 2.45) is 0 Å². The number of rotatable bonds is 18. The fourth-order valence-electron chi connectivity index (χ4n) is 2.17. The van der Waals surface area contributed by atoms with E-state index in [1.54, 1.807) is 0 Å². The standard InChI is InChI=1S/C19H36O7/c1-2-3-7-22-13-18(20)15-24-9-10-25-16-19(21)14-23-8-5-4-6-17-11-26-12-17/h6,18-21H,2-5,7-16H2,1H3. The van der Waals surface area contributed by atoms with E-state index in [2.05, 4.69) is 13.0 Å². The van der Waals surface area contributed by atoms with Crippen LogP contribution in [0.1, 0.15) is 32.6 Å². The number of aliphatic hydroxyl groups excluding tert-OH is 2. The van der Waals surface area contributed by atoms with Crippen molar-refractivity contribution in [2.75, 3.05) is 66.1 Å². The maximum absolute atomic E-state index is 9.75. The van der Waals surface area contributed by atoms with Crippen LogP contribution in [0.15, 0.2) is 11.6 Å². The van der Waals surface area contributed by atoms with Crippen LogP contribution in [-0.2, 0) is 23.7 Å². The molecule has 1 heterocycles. The second-order valence-electron chi connectivity index (χ2n) is 6.46. The maximum atomic E-state index is 9.75. The minimum Gasteiger partial charge on any atom is -0.388 e. The number of hydrogen-bond donors (Lipinski definition) is 2. The summed E-state index contributed by atoms with van der Waals surface area (Å²) in [7, 11) is 0. The first-order chi connectivity index (χ1) is 12.7. The van der Waals surface area contributed by atoms with E-state index in [0.717, 1.165) is 38.9 Å². The van der Waals surface area contributed by atoms with Crippen LogP contribution in [0.3, 0.4) is 0 Å². The minimum absolute atomic E-state index is 0.216. The van der Waals surface area contributed by atoms with Crippen molar-refractivity contribution in [2.45, 2.75) is 44.8 Å². The number of hydrogen-bond acceptors (Lipinski definition) is 7. The maximum Gasteiger partial charge on any atom is 0.101 e. The molecule has 1 rings (SSSR count). The monoisotopic (exact) mass is 376 g/mol. The van der Waals surface area contributed by atoms with Crippen LogP contribution in [0.5, 0.6) is 0 Å². The first kappa shape index (κ1) is 23.5. The first-order valence-electron chi connectivity index (χ1n) is 9.65. The second-order valence-corrected chi connectivity index (χ2v) is 6.46. The molecule has 0 saturated carbocycles. The Morgan fingerprint density at radius 2 is 1.35 bits per heavy atom. The van der Waals surface area contributed by atoms with Gasteiger partial charge in [0.15, 0.2) is 0 Å². The van der Waals surface area contributed by atoms with Crippen molar-refractivity contribution in [1.82, 2.24) is 0 Å². The molecule has 0 amide bonds. The number of ether oxygens (including phenoxy) is 5. The number of allylic oxidation sites excluding steroid dienone is 1. The lowest BCUT2D eigenvalue weighted by atomic mass is 10.2. The lowest BCUT2D eigenvalue weighted by Crippen LogP contribution is -2.25. The molecule has 7 nitrogen and oxygen atoms in total. The van der Waals surface area contributed by atoms with Gasteiger partial charge in [-0.1, -0.05) is 19.4 Å². The highest BCUT2D eigenvalue weighted by Crippen LogP contribution is 2.09. The predicted molar refractivity (Wildman–Crippen MR) is 98.3 cm³/mol. The molecule has 1 saturated heterocycles. The lowest BCUT2D eigenvalue weighted by Gasteiger charge is -2.17. The highest BCUT2D eigenvalue weighted by Gasteiger charge is 2.08.